The van der Waals surface area contributed by atoms with Gasteiger partial charge in [0.15, 0.2) is 0 Å². The molecule has 0 saturated carbocycles. The minimum absolute atomic E-state index is 0.0240. The van der Waals surface area contributed by atoms with Gasteiger partial charge in [0.25, 0.3) is 17.7 Å². The number of anilines is 2. The molecule has 4 saturated heterocycles. The van der Waals surface area contributed by atoms with Crippen LogP contribution in [0.15, 0.2) is 54.9 Å². The number of imide groups is 2. The lowest BCUT2D eigenvalue weighted by Crippen LogP contribution is -2.63. The van der Waals surface area contributed by atoms with Gasteiger partial charge >= 0.3 is 6.18 Å². The second-order valence-corrected chi connectivity index (χ2v) is 17.9. The molecule has 3 N–H and O–H groups in total. The number of alkyl halides is 3. The van der Waals surface area contributed by atoms with Gasteiger partial charge in [0.05, 0.1) is 34.7 Å². The van der Waals surface area contributed by atoms with Crippen LogP contribution in [0.1, 0.15) is 106 Å². The molecule has 19 heteroatoms. The van der Waals surface area contributed by atoms with Crippen LogP contribution in [0.5, 0.6) is 0 Å². The van der Waals surface area contributed by atoms with Gasteiger partial charge in [-0.15, -0.1) is 0 Å². The van der Waals surface area contributed by atoms with Crippen LogP contribution in [-0.2, 0) is 26.2 Å². The first kappa shape index (κ1) is 42.1. The lowest BCUT2D eigenvalue weighted by atomic mass is 9.72. The third kappa shape index (κ3) is 8.03. The van der Waals surface area contributed by atoms with Crippen molar-refractivity contribution in [1.82, 2.24) is 34.4 Å². The summed E-state index contributed by atoms with van der Waals surface area (Å²) in [5, 5.41) is 15.8. The van der Waals surface area contributed by atoms with Gasteiger partial charge in [-0.3, -0.25) is 43.9 Å². The molecule has 4 aromatic rings. The second kappa shape index (κ2) is 15.5. The Balaban J connectivity index is 0.765. The summed E-state index contributed by atoms with van der Waals surface area (Å²) in [5.74, 6) is -2.81. The Kier molecular flexibility index (Phi) is 10.4. The monoisotopic (exact) mass is 869 g/mol. The number of hydrogen-bond donors (Lipinski definition) is 3. The van der Waals surface area contributed by atoms with E-state index < -0.39 is 58.7 Å². The number of hydrogen-bond acceptors (Lipinski definition) is 11. The normalized spacial score (nSPS) is 20.9. The average molecular weight is 870 g/mol. The van der Waals surface area contributed by atoms with Crippen LogP contribution < -0.4 is 15.5 Å². The first-order valence-corrected chi connectivity index (χ1v) is 21.1. The molecule has 6 amide bonds. The summed E-state index contributed by atoms with van der Waals surface area (Å²) in [6.45, 7) is 7.59. The molecule has 63 heavy (non-hydrogen) atoms. The highest BCUT2D eigenvalue weighted by Gasteiger charge is 2.48. The number of carbonyl (C=O) groups is 6. The number of aliphatic hydroxyl groups is 1. The SMILES string of the molecule is CC(C)(O)c1cc2nc(C3CCN(CC(=O)N4CC5(CCN(c6ccc7c(c6)C(=O)N(C6CCC(=O)NC6=O)C7=O)CC5)C4)CC3)cn2cc1NC(=O)c1cccc(C(F)(F)F)n1. The molecule has 8 heterocycles. The summed E-state index contributed by atoms with van der Waals surface area (Å²) in [7, 11) is 0. The number of fused-ring (bicyclic) bond motifs is 2. The third-order valence-electron chi connectivity index (χ3n) is 13.2. The number of carbonyl (C=O) groups excluding carboxylic acids is 6. The maximum Gasteiger partial charge on any atom is 0.433 e. The van der Waals surface area contributed by atoms with Crippen molar-refractivity contribution in [2.75, 3.05) is 56.0 Å². The summed E-state index contributed by atoms with van der Waals surface area (Å²) in [4.78, 5) is 92.6. The molecule has 16 nitrogen and oxygen atoms in total. The minimum Gasteiger partial charge on any atom is -0.386 e. The van der Waals surface area contributed by atoms with E-state index in [1.54, 1.807) is 28.8 Å². The molecule has 5 aliphatic heterocycles. The maximum atomic E-state index is 13.4. The number of pyridine rings is 2. The van der Waals surface area contributed by atoms with Gasteiger partial charge in [-0.25, -0.2) is 9.97 Å². The lowest BCUT2D eigenvalue weighted by molar-refractivity contribution is -0.146. The molecule has 4 fully saturated rings. The molecule has 1 aromatic carbocycles. The van der Waals surface area contributed by atoms with Crippen molar-refractivity contribution in [3.63, 3.8) is 0 Å². The van der Waals surface area contributed by atoms with Crippen LogP contribution >= 0.6 is 0 Å². The topological polar surface area (TPSA) is 190 Å². The molecule has 0 aliphatic carbocycles. The Morgan fingerprint density at radius 2 is 1.62 bits per heavy atom. The zero-order valence-corrected chi connectivity index (χ0v) is 34.7. The highest BCUT2D eigenvalue weighted by atomic mass is 19.4. The summed E-state index contributed by atoms with van der Waals surface area (Å²) in [5.41, 5.74) is 0.180. The Hall–Kier alpha value is -6.21. The van der Waals surface area contributed by atoms with Gasteiger partial charge < -0.3 is 24.6 Å². The van der Waals surface area contributed by atoms with E-state index in [1.165, 1.54) is 19.9 Å². The Labute approximate surface area is 359 Å². The molecule has 1 atom stereocenters. The quantitative estimate of drug-likeness (QED) is 0.218. The van der Waals surface area contributed by atoms with E-state index in [-0.39, 0.29) is 46.9 Å². The Morgan fingerprint density at radius 3 is 2.30 bits per heavy atom. The number of halogens is 3. The largest absolute Gasteiger partial charge is 0.433 e. The van der Waals surface area contributed by atoms with E-state index in [4.69, 9.17) is 4.98 Å². The van der Waals surface area contributed by atoms with Crippen LogP contribution in [0.2, 0.25) is 0 Å². The standard InChI is InChI=1S/C44H46F3N9O7/c1-42(2,63)29-19-35-49-31(20-54(35)21-32(29)50-38(59)30-4-3-5-34(48-30)44(45,46)47)25-10-14-52(15-11-25)22-37(58)55-23-43(24-55)12-16-53(17-13-43)26-6-7-27-28(18-26)41(62)56(40(27)61)33-8-9-36(57)51-39(33)60/h3-7,18-21,25,33,63H,8-17,22-24H2,1-2H3,(H,50,59)(H,51,57,60). The summed E-state index contributed by atoms with van der Waals surface area (Å²) in [6, 6.07) is 8.89. The summed E-state index contributed by atoms with van der Waals surface area (Å²) >= 11 is 0. The van der Waals surface area contributed by atoms with Crippen molar-refractivity contribution < 1.29 is 47.0 Å². The predicted octanol–water partition coefficient (Wildman–Crippen LogP) is 3.94. The van der Waals surface area contributed by atoms with Gasteiger partial charge in [0.1, 0.15) is 23.1 Å². The molecule has 0 bridgehead atoms. The lowest BCUT2D eigenvalue weighted by Gasteiger charge is -2.54. The van der Waals surface area contributed by atoms with Crippen LogP contribution in [-0.4, -0.2) is 121 Å². The number of likely N-dealkylation sites (tertiary alicyclic amines) is 2. The molecule has 1 unspecified atom stereocenters. The molecule has 9 rings (SSSR count). The van der Waals surface area contributed by atoms with Crippen molar-refractivity contribution in [2.45, 2.75) is 76.1 Å². The molecular formula is C44H46F3N9O7. The van der Waals surface area contributed by atoms with Crippen molar-refractivity contribution in [1.29, 1.82) is 0 Å². The Bertz CT molecular complexity index is 2560. The fourth-order valence-electron chi connectivity index (χ4n) is 9.59. The number of nitrogens with one attached hydrogen (secondary N) is 2. The van der Waals surface area contributed by atoms with Gasteiger partial charge in [-0.2, -0.15) is 13.2 Å². The number of aromatic nitrogens is 3. The van der Waals surface area contributed by atoms with Crippen LogP contribution in [0.4, 0.5) is 24.5 Å². The number of piperidine rings is 3. The summed E-state index contributed by atoms with van der Waals surface area (Å²) in [6.07, 6.45) is 2.12. The van der Waals surface area contributed by atoms with Gasteiger partial charge in [0, 0.05) is 67.6 Å². The highest BCUT2D eigenvalue weighted by molar-refractivity contribution is 6.23. The van der Waals surface area contributed by atoms with Crippen molar-refractivity contribution in [3.8, 4) is 0 Å². The zero-order valence-electron chi connectivity index (χ0n) is 34.7. The molecule has 330 valence electrons. The number of imidazole rings is 1. The molecule has 0 radical (unpaired) electrons. The molecular weight excluding hydrogens is 824 g/mol. The fourth-order valence-corrected chi connectivity index (χ4v) is 9.59. The van der Waals surface area contributed by atoms with Gasteiger partial charge in [-0.1, -0.05) is 6.07 Å². The first-order valence-electron chi connectivity index (χ1n) is 21.1. The minimum atomic E-state index is -4.72. The van der Waals surface area contributed by atoms with Crippen LogP contribution in [0.25, 0.3) is 5.65 Å². The van der Waals surface area contributed by atoms with E-state index in [0.717, 1.165) is 67.2 Å². The molecule has 3 aromatic heterocycles. The van der Waals surface area contributed by atoms with Gasteiger partial charge in [0.2, 0.25) is 17.7 Å². The fraction of sp³-hybridized carbons (Fsp3) is 0.455. The van der Waals surface area contributed by atoms with Crippen molar-refractivity contribution in [2.24, 2.45) is 5.41 Å². The van der Waals surface area contributed by atoms with E-state index in [9.17, 15) is 47.0 Å². The highest BCUT2D eigenvalue weighted by Crippen LogP contribution is 2.42. The predicted molar refractivity (Wildman–Crippen MR) is 220 cm³/mol. The number of amides is 6. The van der Waals surface area contributed by atoms with Crippen molar-refractivity contribution in [3.05, 3.63) is 88.6 Å². The molecule has 5 aliphatic rings. The Morgan fingerprint density at radius 1 is 0.905 bits per heavy atom. The van der Waals surface area contributed by atoms with Crippen LogP contribution in [0.3, 0.4) is 0 Å². The first-order chi connectivity index (χ1) is 29.9. The summed E-state index contributed by atoms with van der Waals surface area (Å²) < 4.78 is 41.5. The van der Waals surface area contributed by atoms with E-state index >= 15 is 0 Å². The van der Waals surface area contributed by atoms with E-state index in [2.05, 4.69) is 25.4 Å². The second-order valence-electron chi connectivity index (χ2n) is 17.9. The van der Waals surface area contributed by atoms with E-state index in [0.29, 0.717) is 43.9 Å². The van der Waals surface area contributed by atoms with Crippen LogP contribution in [0, 0.1) is 5.41 Å². The average Bonchev–Trinajstić information content (AvgIpc) is 3.76. The number of benzene rings is 1. The van der Waals surface area contributed by atoms with E-state index in [1.807, 2.05) is 17.2 Å². The number of rotatable bonds is 8. The van der Waals surface area contributed by atoms with Gasteiger partial charge in [-0.05, 0) is 95.4 Å². The number of nitrogens with zero attached hydrogens (tertiary/aromatic N) is 7. The smallest absolute Gasteiger partial charge is 0.386 e. The maximum absolute atomic E-state index is 13.4. The zero-order chi connectivity index (χ0) is 44.6. The third-order valence-corrected chi connectivity index (χ3v) is 13.2. The van der Waals surface area contributed by atoms with Crippen molar-refractivity contribution >= 4 is 52.5 Å². The molecule has 1 spiro atoms.